The minimum absolute atomic E-state index is 0.0466. The number of aliphatic hydroxyl groups is 4. The van der Waals surface area contributed by atoms with Gasteiger partial charge in [0.1, 0.15) is 48.3 Å². The zero-order valence-electron chi connectivity index (χ0n) is 53.1. The van der Waals surface area contributed by atoms with Gasteiger partial charge < -0.3 is 101 Å². The van der Waals surface area contributed by atoms with Crippen molar-refractivity contribution in [2.24, 2.45) is 57.5 Å². The summed E-state index contributed by atoms with van der Waals surface area (Å²) in [4.78, 5) is 174. The normalized spacial score (nSPS) is 24.7. The van der Waals surface area contributed by atoms with Gasteiger partial charge >= 0.3 is 5.97 Å². The number of carbonyl (C=O) groups excluding carboxylic acids is 12. The molecule has 1 aromatic carbocycles. The second kappa shape index (κ2) is 37.8. The average molecular weight is 1280 g/mol. The molecule has 1 fully saturated rings. The summed E-state index contributed by atoms with van der Waals surface area (Å²) in [5.41, 5.74) is 22.6. The highest BCUT2D eigenvalue weighted by molar-refractivity contribution is 6.00. The molecular weight excluding hydrogens is 1180 g/mol. The van der Waals surface area contributed by atoms with E-state index in [1.807, 2.05) is 24.5 Å². The number of carbonyl (C=O) groups is 12. The molecule has 32 nitrogen and oxygen atoms in total. The molecule has 11 amide bonds. The summed E-state index contributed by atoms with van der Waals surface area (Å²) in [6.45, 7) is 15.3. The van der Waals surface area contributed by atoms with Crippen LogP contribution in [0.2, 0.25) is 0 Å². The molecule has 0 radical (unpaired) electrons. The van der Waals surface area contributed by atoms with Gasteiger partial charge in [-0.2, -0.15) is 0 Å². The predicted octanol–water partition coefficient (Wildman–Crippen LogP) is -5.43. The zero-order chi connectivity index (χ0) is 68.4. The molecule has 1 heterocycles. The number of hydrogen-bond donors (Lipinski definition) is 18. The van der Waals surface area contributed by atoms with Gasteiger partial charge in [0, 0.05) is 6.54 Å². The van der Waals surface area contributed by atoms with Crippen LogP contribution < -0.4 is 76.1 Å². The van der Waals surface area contributed by atoms with E-state index in [1.54, 1.807) is 41.5 Å². The fraction of sp³-hybridized carbons (Fsp3) is 0.672. The van der Waals surface area contributed by atoms with Crippen LogP contribution in [0.4, 0.5) is 0 Å². The number of amides is 11. The van der Waals surface area contributed by atoms with Crippen molar-refractivity contribution in [1.82, 2.24) is 53.2 Å². The van der Waals surface area contributed by atoms with E-state index in [1.165, 1.54) is 44.2 Å². The largest absolute Gasteiger partial charge is 0.453 e. The SMILES string of the molecule is CC[C@H](C)[C@@H]1NC(=O)[C@@H](CCCN=C(N)N)NC(=O)C(CC(C)C)NC(=O)[C@H]([C@H](O)C(C)C)NC(=O)C(NC(=O)[C@H](CC(C)C)NC(=O)[C@H](N)CC(C)C)C(c2ccccc2)OC(=O)C(CO)NC(=O)C([C@H](O)C(N)=O)NC(=O)CNC(=O)C([C@H](C)O)NC1=O. The van der Waals surface area contributed by atoms with E-state index in [0.717, 1.165) is 6.92 Å². The van der Waals surface area contributed by atoms with Gasteiger partial charge in [0.05, 0.1) is 31.4 Å². The first-order valence-corrected chi connectivity index (χ1v) is 30.1. The number of guanidine groups is 1. The third-order valence-corrected chi connectivity index (χ3v) is 14.4. The molecule has 22 N–H and O–H groups in total. The predicted molar refractivity (Wildman–Crippen MR) is 326 cm³/mol. The summed E-state index contributed by atoms with van der Waals surface area (Å²) in [7, 11) is 0. The highest BCUT2D eigenvalue weighted by Gasteiger charge is 2.44. The van der Waals surface area contributed by atoms with Gasteiger partial charge in [-0.15, -0.1) is 0 Å². The summed E-state index contributed by atoms with van der Waals surface area (Å²) in [5, 5.41) is 68.0. The van der Waals surface area contributed by atoms with E-state index < -0.39 is 181 Å². The standard InChI is InChI=1S/C58H97N15O17/c1-12-30(10)39-53(85)71-40(31(11)75)52(84)64-24-38(76)69-42(45(78)47(60)79)55(87)68-37(25-74)57(89)90-46(32-17-14-13-15-18-32)43(73-51(83)36(23-28(6)7)66-48(80)33(59)21-26(2)3)56(88)72-41(44(77)29(8)9)54(86)67-35(22-27(4)5)50(82)65-34(49(81)70-39)19-16-20-63-58(61)62/h13-15,17-18,26-31,33-37,39-46,74-75,77-78H,12,16,19-25,59H2,1-11H3,(H2,60,79)(H,64,84)(H,65,82)(H,66,80)(H,67,86)(H,68,87)(H,69,76)(H,70,81)(H,71,85)(H,72,88)(H,73,83)(H4,61,62,63)/t30-,31-,33+,34+,35?,36-,37?,39-,40?,41-,42?,43?,44+,45-,46?/m0/s1. The second-order valence-corrected chi connectivity index (χ2v) is 24.1. The Hall–Kier alpha value is -8.07. The van der Waals surface area contributed by atoms with Crippen LogP contribution in [0.5, 0.6) is 0 Å². The van der Waals surface area contributed by atoms with Gasteiger partial charge in [0.25, 0.3) is 0 Å². The number of aliphatic hydroxyl groups excluding tert-OH is 4. The Morgan fingerprint density at radius 3 is 1.72 bits per heavy atom. The first-order valence-electron chi connectivity index (χ1n) is 30.1. The van der Waals surface area contributed by atoms with E-state index >= 15 is 4.79 Å². The minimum Gasteiger partial charge on any atom is -0.453 e. The smallest absolute Gasteiger partial charge is 0.331 e. The van der Waals surface area contributed by atoms with Gasteiger partial charge in [-0.3, -0.25) is 57.7 Å². The number of primary amides is 1. The van der Waals surface area contributed by atoms with E-state index in [0.29, 0.717) is 0 Å². The van der Waals surface area contributed by atoms with Crippen molar-refractivity contribution in [2.75, 3.05) is 19.7 Å². The van der Waals surface area contributed by atoms with E-state index in [2.05, 4.69) is 47.5 Å². The highest BCUT2D eigenvalue weighted by Crippen LogP contribution is 2.25. The molecule has 90 heavy (non-hydrogen) atoms. The molecule has 0 saturated carbocycles. The Morgan fingerprint density at radius 1 is 0.644 bits per heavy atom. The van der Waals surface area contributed by atoms with Gasteiger partial charge in [0.15, 0.2) is 24.2 Å². The molecule has 0 bridgehead atoms. The molecule has 1 aliphatic rings. The number of benzene rings is 1. The summed E-state index contributed by atoms with van der Waals surface area (Å²) in [6, 6.07) is -10.7. The van der Waals surface area contributed by atoms with E-state index in [4.69, 9.17) is 27.7 Å². The first kappa shape index (κ1) is 78.0. The van der Waals surface area contributed by atoms with Crippen LogP contribution in [-0.4, -0.2) is 196 Å². The van der Waals surface area contributed by atoms with Crippen LogP contribution in [0.1, 0.15) is 126 Å². The molecule has 0 aromatic heterocycles. The third-order valence-electron chi connectivity index (χ3n) is 14.4. The molecule has 1 aliphatic heterocycles. The number of aliphatic imine (C=N–C) groups is 1. The van der Waals surface area contributed by atoms with Gasteiger partial charge in [-0.25, -0.2) is 4.79 Å². The van der Waals surface area contributed by atoms with Crippen molar-refractivity contribution in [3.05, 3.63) is 35.9 Å². The molecule has 1 saturated heterocycles. The molecule has 32 heteroatoms. The minimum atomic E-state index is -2.57. The van der Waals surface area contributed by atoms with Crippen molar-refractivity contribution in [3.63, 3.8) is 0 Å². The monoisotopic (exact) mass is 1280 g/mol. The number of cyclic esters (lactones) is 1. The van der Waals surface area contributed by atoms with E-state index in [-0.39, 0.29) is 74.3 Å². The lowest BCUT2D eigenvalue weighted by Crippen LogP contribution is -2.64. The van der Waals surface area contributed by atoms with Crippen molar-refractivity contribution in [3.8, 4) is 0 Å². The fourth-order valence-electron chi connectivity index (χ4n) is 9.25. The quantitative estimate of drug-likeness (QED) is 0.0210. The molecule has 6 unspecified atom stereocenters. The first-order chi connectivity index (χ1) is 42.0. The van der Waals surface area contributed by atoms with Crippen molar-refractivity contribution < 1.29 is 82.7 Å². The lowest BCUT2D eigenvalue weighted by molar-refractivity contribution is -0.159. The lowest BCUT2D eigenvalue weighted by Gasteiger charge is -2.34. The molecule has 506 valence electrons. The maximum absolute atomic E-state index is 15.3. The number of nitrogens with zero attached hydrogens (tertiary/aromatic N) is 1. The van der Waals surface area contributed by atoms with Crippen LogP contribution >= 0.6 is 0 Å². The number of rotatable bonds is 23. The Morgan fingerprint density at radius 2 is 1.19 bits per heavy atom. The summed E-state index contributed by atoms with van der Waals surface area (Å²) in [5.74, 6) is -17.2. The maximum Gasteiger partial charge on any atom is 0.331 e. The summed E-state index contributed by atoms with van der Waals surface area (Å²) in [6.07, 6.45) is -8.04. The maximum atomic E-state index is 15.3. The Bertz CT molecular complexity index is 2640. The number of esters is 1. The Labute approximate surface area is 523 Å². The molecule has 15 atom stereocenters. The number of nitrogens with one attached hydrogen (secondary N) is 10. The molecule has 2 rings (SSSR count). The Balaban J connectivity index is 3.13. The van der Waals surface area contributed by atoms with Crippen LogP contribution in [0.15, 0.2) is 35.3 Å². The number of nitrogens with two attached hydrogens (primary N) is 4. The van der Waals surface area contributed by atoms with Gasteiger partial charge in [-0.1, -0.05) is 106 Å². The number of hydrogen-bond acceptors (Lipinski definition) is 19. The zero-order valence-corrected chi connectivity index (χ0v) is 53.1. The van der Waals surface area contributed by atoms with Gasteiger partial charge in [0.2, 0.25) is 65.0 Å². The molecule has 0 aliphatic carbocycles. The molecular formula is C58H97N15O17. The molecule has 1 aromatic rings. The summed E-state index contributed by atoms with van der Waals surface area (Å²) >= 11 is 0. The second-order valence-electron chi connectivity index (χ2n) is 24.1. The van der Waals surface area contributed by atoms with Crippen LogP contribution in [0.25, 0.3) is 0 Å². The van der Waals surface area contributed by atoms with Crippen LogP contribution in [-0.2, 0) is 62.3 Å². The van der Waals surface area contributed by atoms with Crippen molar-refractivity contribution in [1.29, 1.82) is 0 Å². The topological polar surface area (TPSA) is 532 Å². The van der Waals surface area contributed by atoms with Crippen molar-refractivity contribution >= 4 is 76.9 Å². The fourth-order valence-corrected chi connectivity index (χ4v) is 9.25. The van der Waals surface area contributed by atoms with E-state index in [9.17, 15) is 73.2 Å². The van der Waals surface area contributed by atoms with Crippen molar-refractivity contribution in [2.45, 2.75) is 200 Å². The third kappa shape index (κ3) is 25.4. The van der Waals surface area contributed by atoms with Crippen LogP contribution in [0, 0.1) is 29.6 Å². The van der Waals surface area contributed by atoms with Gasteiger partial charge in [-0.05, 0) is 74.2 Å². The average Bonchev–Trinajstić information content (AvgIpc) is 1.47. The highest BCUT2D eigenvalue weighted by atomic mass is 16.5. The molecule has 0 spiro atoms. The number of ether oxygens (including phenoxy) is 1. The Kier molecular flexibility index (Phi) is 32.8. The summed E-state index contributed by atoms with van der Waals surface area (Å²) < 4.78 is 5.92. The van der Waals surface area contributed by atoms with Crippen LogP contribution in [0.3, 0.4) is 0 Å². The lowest BCUT2D eigenvalue weighted by atomic mass is 9.95.